The molecule has 2 heterocycles. The first-order valence-electron chi connectivity index (χ1n) is 7.05. The number of esters is 2. The van der Waals surface area contributed by atoms with Crippen molar-refractivity contribution < 1.29 is 28.5 Å². The fourth-order valence-electron chi connectivity index (χ4n) is 2.74. The standard InChI is InChI=1S/C16H14ClNO6/c1-21-15(19)9-5-18-6-10(16(20)22-2)14(9)8-3-12-13(4-11(8)17)24-7-23-12/h3-6,9,14H,7H2,1-2H3/t9?,14-/m0/s1. The number of ether oxygens (including phenoxy) is 4. The topological polar surface area (TPSA) is 83.4 Å². The summed E-state index contributed by atoms with van der Waals surface area (Å²) < 4.78 is 20.3. The molecule has 0 aliphatic carbocycles. The average Bonchev–Trinajstić information content (AvgIpc) is 3.06. The SMILES string of the molecule is COC(=O)C1=CN=CC(C(=O)OC)[C@@H]1c1cc2c(cc1Cl)OCO2. The zero-order valence-corrected chi connectivity index (χ0v) is 13.7. The summed E-state index contributed by atoms with van der Waals surface area (Å²) in [6, 6.07) is 3.25. The maximum atomic E-state index is 12.2. The molecule has 2 aliphatic rings. The van der Waals surface area contributed by atoms with E-state index in [9.17, 15) is 9.59 Å². The summed E-state index contributed by atoms with van der Waals surface area (Å²) in [5.74, 6) is -1.65. The molecule has 126 valence electrons. The fourth-order valence-corrected chi connectivity index (χ4v) is 3.01. The Morgan fingerprint density at radius 2 is 1.92 bits per heavy atom. The molecule has 0 aromatic heterocycles. The molecule has 0 saturated carbocycles. The molecule has 0 fully saturated rings. The van der Waals surface area contributed by atoms with Gasteiger partial charge in [0.25, 0.3) is 0 Å². The minimum absolute atomic E-state index is 0.0847. The number of carbonyl (C=O) groups excluding carboxylic acids is 2. The van der Waals surface area contributed by atoms with Crippen LogP contribution in [0, 0.1) is 5.92 Å². The van der Waals surface area contributed by atoms with Crippen LogP contribution in [0.4, 0.5) is 0 Å². The van der Waals surface area contributed by atoms with Crippen LogP contribution in [0.25, 0.3) is 0 Å². The lowest BCUT2D eigenvalue weighted by molar-refractivity contribution is -0.143. The van der Waals surface area contributed by atoms with Crippen LogP contribution in [-0.4, -0.2) is 39.2 Å². The summed E-state index contributed by atoms with van der Waals surface area (Å²) in [5.41, 5.74) is 0.732. The van der Waals surface area contributed by atoms with Crippen molar-refractivity contribution >= 4 is 29.8 Å². The number of hydrogen-bond donors (Lipinski definition) is 0. The van der Waals surface area contributed by atoms with Gasteiger partial charge in [-0.25, -0.2) is 4.79 Å². The van der Waals surface area contributed by atoms with E-state index in [1.807, 2.05) is 0 Å². The smallest absolute Gasteiger partial charge is 0.335 e. The van der Waals surface area contributed by atoms with Gasteiger partial charge in [0, 0.05) is 29.4 Å². The molecule has 7 nitrogen and oxygen atoms in total. The molecule has 1 aromatic rings. The van der Waals surface area contributed by atoms with Crippen LogP contribution in [0.2, 0.25) is 5.02 Å². The number of methoxy groups -OCH3 is 2. The minimum Gasteiger partial charge on any atom is -0.468 e. The van der Waals surface area contributed by atoms with Gasteiger partial charge in [-0.05, 0) is 11.6 Å². The van der Waals surface area contributed by atoms with Crippen molar-refractivity contribution in [3.63, 3.8) is 0 Å². The summed E-state index contributed by atoms with van der Waals surface area (Å²) in [7, 11) is 2.53. The molecule has 2 aliphatic heterocycles. The van der Waals surface area contributed by atoms with E-state index in [-0.39, 0.29) is 12.4 Å². The average molecular weight is 352 g/mol. The van der Waals surface area contributed by atoms with E-state index >= 15 is 0 Å². The lowest BCUT2D eigenvalue weighted by Crippen LogP contribution is -2.31. The molecular weight excluding hydrogens is 338 g/mol. The van der Waals surface area contributed by atoms with Gasteiger partial charge in [-0.3, -0.25) is 9.79 Å². The maximum Gasteiger partial charge on any atom is 0.335 e. The number of nitrogens with zero attached hydrogens (tertiary/aromatic N) is 1. The van der Waals surface area contributed by atoms with Gasteiger partial charge in [0.2, 0.25) is 6.79 Å². The Kier molecular flexibility index (Phi) is 4.44. The second-order valence-corrected chi connectivity index (χ2v) is 5.53. The predicted molar refractivity (Wildman–Crippen MR) is 84.4 cm³/mol. The first-order chi connectivity index (χ1) is 11.6. The van der Waals surface area contributed by atoms with Gasteiger partial charge in [0.15, 0.2) is 11.5 Å². The van der Waals surface area contributed by atoms with E-state index in [4.69, 9.17) is 30.5 Å². The number of hydrogen-bond acceptors (Lipinski definition) is 7. The van der Waals surface area contributed by atoms with Crippen LogP contribution in [0.3, 0.4) is 0 Å². The first kappa shape index (κ1) is 16.3. The molecule has 8 heteroatoms. The molecule has 3 rings (SSSR count). The summed E-state index contributed by atoms with van der Waals surface area (Å²) >= 11 is 6.36. The van der Waals surface area contributed by atoms with Gasteiger partial charge >= 0.3 is 11.9 Å². The quantitative estimate of drug-likeness (QED) is 0.775. The third kappa shape index (κ3) is 2.71. The summed E-state index contributed by atoms with van der Waals surface area (Å²) in [5, 5.41) is 0.336. The Balaban J connectivity index is 2.12. The summed E-state index contributed by atoms with van der Waals surface area (Å²) in [4.78, 5) is 28.3. The van der Waals surface area contributed by atoms with Crippen molar-refractivity contribution in [3.8, 4) is 11.5 Å². The summed E-state index contributed by atoms with van der Waals surface area (Å²) in [6.07, 6.45) is 2.78. The molecule has 0 radical (unpaired) electrons. The van der Waals surface area contributed by atoms with Gasteiger partial charge in [-0.15, -0.1) is 0 Å². The number of fused-ring (bicyclic) bond motifs is 1. The highest BCUT2D eigenvalue weighted by molar-refractivity contribution is 6.31. The highest BCUT2D eigenvalue weighted by Crippen LogP contribution is 2.44. The minimum atomic E-state index is -0.813. The molecule has 2 atom stereocenters. The van der Waals surface area contributed by atoms with Crippen molar-refractivity contribution in [3.05, 3.63) is 34.5 Å². The van der Waals surface area contributed by atoms with E-state index in [0.717, 1.165) is 0 Å². The highest BCUT2D eigenvalue weighted by Gasteiger charge is 2.39. The van der Waals surface area contributed by atoms with E-state index in [2.05, 4.69) is 4.99 Å². The second-order valence-electron chi connectivity index (χ2n) is 5.13. The van der Waals surface area contributed by atoms with Crippen LogP contribution in [0.1, 0.15) is 11.5 Å². The van der Waals surface area contributed by atoms with Gasteiger partial charge in [0.1, 0.15) is 5.92 Å². The number of aliphatic imine (C=N–C) groups is 1. The monoisotopic (exact) mass is 351 g/mol. The van der Waals surface area contributed by atoms with Crippen molar-refractivity contribution in [1.29, 1.82) is 0 Å². The van der Waals surface area contributed by atoms with Crippen LogP contribution in [0.5, 0.6) is 11.5 Å². The molecule has 0 saturated heterocycles. The third-order valence-corrected chi connectivity index (χ3v) is 4.20. The highest BCUT2D eigenvalue weighted by atomic mass is 35.5. The van der Waals surface area contributed by atoms with Crippen molar-refractivity contribution in [2.45, 2.75) is 5.92 Å². The van der Waals surface area contributed by atoms with E-state index in [0.29, 0.717) is 22.1 Å². The molecule has 1 aromatic carbocycles. The van der Waals surface area contributed by atoms with Crippen LogP contribution in [-0.2, 0) is 19.1 Å². The molecule has 0 bridgehead atoms. The Labute approximate surface area is 142 Å². The van der Waals surface area contributed by atoms with Crippen LogP contribution >= 0.6 is 11.6 Å². The van der Waals surface area contributed by atoms with Gasteiger partial charge < -0.3 is 18.9 Å². The second kappa shape index (κ2) is 6.52. The van der Waals surface area contributed by atoms with E-state index in [1.165, 1.54) is 26.6 Å². The van der Waals surface area contributed by atoms with Gasteiger partial charge in [-0.1, -0.05) is 11.6 Å². The Morgan fingerprint density at radius 3 is 2.58 bits per heavy atom. The molecular formula is C16H14ClNO6. The van der Waals surface area contributed by atoms with Crippen LogP contribution in [0.15, 0.2) is 28.9 Å². The van der Waals surface area contributed by atoms with Gasteiger partial charge in [-0.2, -0.15) is 0 Å². The maximum absolute atomic E-state index is 12.2. The number of benzene rings is 1. The zero-order chi connectivity index (χ0) is 17.3. The van der Waals surface area contributed by atoms with Crippen molar-refractivity contribution in [2.75, 3.05) is 21.0 Å². The number of rotatable bonds is 3. The Bertz CT molecular complexity index is 757. The molecule has 0 amide bonds. The molecule has 0 spiro atoms. The normalized spacial score (nSPS) is 21.2. The van der Waals surface area contributed by atoms with Crippen molar-refractivity contribution in [1.82, 2.24) is 0 Å². The first-order valence-corrected chi connectivity index (χ1v) is 7.43. The largest absolute Gasteiger partial charge is 0.468 e. The van der Waals surface area contributed by atoms with E-state index < -0.39 is 23.8 Å². The predicted octanol–water partition coefficient (Wildman–Crippen LogP) is 2.08. The zero-order valence-electron chi connectivity index (χ0n) is 12.9. The molecule has 1 unspecified atom stereocenters. The van der Waals surface area contributed by atoms with E-state index in [1.54, 1.807) is 12.1 Å². The summed E-state index contributed by atoms with van der Waals surface area (Å²) in [6.45, 7) is 0.0847. The third-order valence-electron chi connectivity index (χ3n) is 3.88. The lowest BCUT2D eigenvalue weighted by atomic mass is 9.79. The van der Waals surface area contributed by atoms with Gasteiger partial charge in [0.05, 0.1) is 19.8 Å². The molecule has 24 heavy (non-hydrogen) atoms. The number of carbonyl (C=O) groups is 2. The fraction of sp³-hybridized carbons (Fsp3) is 0.312. The Hall–Kier alpha value is -2.54. The Morgan fingerprint density at radius 1 is 1.21 bits per heavy atom. The van der Waals surface area contributed by atoms with Crippen molar-refractivity contribution in [2.24, 2.45) is 10.9 Å². The van der Waals surface area contributed by atoms with Crippen LogP contribution < -0.4 is 9.47 Å². The number of halogens is 1. The lowest BCUT2D eigenvalue weighted by Gasteiger charge is -2.27. The molecule has 0 N–H and O–H groups in total.